The van der Waals surface area contributed by atoms with Crippen LogP contribution in [0.25, 0.3) is 0 Å². The van der Waals surface area contributed by atoms with Gasteiger partial charge in [0.05, 0.1) is 17.3 Å². The second-order valence-corrected chi connectivity index (χ2v) is 16.6. The number of hydrogen-bond donors (Lipinski definition) is 0. The highest BCUT2D eigenvalue weighted by molar-refractivity contribution is 8.16. The number of benzene rings is 6. The van der Waals surface area contributed by atoms with Gasteiger partial charge in [0, 0.05) is 21.5 Å². The predicted molar refractivity (Wildman–Crippen MR) is 202 cm³/mol. The molecule has 224 valence electrons. The Bertz CT molecular complexity index is 1650. The lowest BCUT2D eigenvalue weighted by molar-refractivity contribution is 1.14. The third-order valence-corrected chi connectivity index (χ3v) is 14.3. The van der Waals surface area contributed by atoms with Crippen LogP contribution in [-0.2, 0) is 12.8 Å². The summed E-state index contributed by atoms with van der Waals surface area (Å²) in [5.74, 6) is 2.11. The van der Waals surface area contributed by atoms with Crippen molar-refractivity contribution < 1.29 is 0 Å². The molecule has 45 heavy (non-hydrogen) atoms. The van der Waals surface area contributed by atoms with E-state index in [2.05, 4.69) is 176 Å². The van der Waals surface area contributed by atoms with Crippen LogP contribution in [0.2, 0.25) is 0 Å². The van der Waals surface area contributed by atoms with Gasteiger partial charge >= 0.3 is 0 Å². The van der Waals surface area contributed by atoms with Gasteiger partial charge in [-0.15, -0.1) is 23.5 Å². The largest absolute Gasteiger partial charge is 0.254 e. The topological polar surface area (TPSA) is 12.4 Å². The van der Waals surface area contributed by atoms with Gasteiger partial charge in [-0.2, -0.15) is 0 Å². The van der Waals surface area contributed by atoms with Gasteiger partial charge in [-0.05, 0) is 41.5 Å². The van der Waals surface area contributed by atoms with E-state index in [1.807, 2.05) is 23.5 Å². The number of nitrogens with zero attached hydrogens (tertiary/aromatic N) is 1. The van der Waals surface area contributed by atoms with Crippen molar-refractivity contribution >= 4 is 52.2 Å². The highest BCUT2D eigenvalue weighted by Gasteiger charge is 2.28. The van der Waals surface area contributed by atoms with E-state index in [1.54, 1.807) is 0 Å². The summed E-state index contributed by atoms with van der Waals surface area (Å²) < 4.78 is 6.20. The Labute approximate surface area is 277 Å². The van der Waals surface area contributed by atoms with E-state index in [0.717, 1.165) is 30.0 Å². The molecule has 0 aliphatic heterocycles. The van der Waals surface area contributed by atoms with Gasteiger partial charge in [-0.1, -0.05) is 170 Å². The van der Waals surface area contributed by atoms with Crippen LogP contribution in [0.4, 0.5) is 5.69 Å². The van der Waals surface area contributed by atoms with Crippen molar-refractivity contribution in [2.75, 3.05) is 11.5 Å². The SMILES string of the molecule is c1ccc(CCSC(SCCc2ccccc2)c2ccccc2N=P(c2ccccc2)(c2ccccc2)c2ccccc2)cc1. The van der Waals surface area contributed by atoms with E-state index in [9.17, 15) is 0 Å². The third-order valence-electron chi connectivity index (χ3n) is 7.84. The number of hydrogen-bond acceptors (Lipinski definition) is 3. The highest BCUT2D eigenvalue weighted by Crippen LogP contribution is 2.52. The van der Waals surface area contributed by atoms with Gasteiger partial charge in [-0.25, -0.2) is 0 Å². The maximum Gasteiger partial charge on any atom is 0.0772 e. The third kappa shape index (κ3) is 7.92. The molecule has 0 saturated carbocycles. The Morgan fingerprint density at radius 2 is 0.778 bits per heavy atom. The zero-order valence-electron chi connectivity index (χ0n) is 25.4. The molecule has 6 aromatic carbocycles. The van der Waals surface area contributed by atoms with E-state index < -0.39 is 7.05 Å². The maximum absolute atomic E-state index is 5.94. The first-order chi connectivity index (χ1) is 22.3. The van der Waals surface area contributed by atoms with Crippen molar-refractivity contribution in [2.45, 2.75) is 17.4 Å². The van der Waals surface area contributed by atoms with Crippen LogP contribution in [0.15, 0.2) is 181 Å². The number of aryl methyl sites for hydroxylation is 2. The van der Waals surface area contributed by atoms with Crippen molar-refractivity contribution in [3.63, 3.8) is 0 Å². The fraction of sp³-hybridized carbons (Fsp3) is 0.122. The fourth-order valence-electron chi connectivity index (χ4n) is 5.58. The van der Waals surface area contributed by atoms with Gasteiger partial charge in [0.25, 0.3) is 0 Å². The molecule has 0 aliphatic carbocycles. The lowest BCUT2D eigenvalue weighted by Crippen LogP contribution is -2.25. The molecule has 0 heterocycles. The van der Waals surface area contributed by atoms with E-state index in [-0.39, 0.29) is 4.58 Å². The van der Waals surface area contributed by atoms with E-state index >= 15 is 0 Å². The first-order valence-corrected chi connectivity index (χ1v) is 19.4. The molecule has 6 aromatic rings. The maximum atomic E-state index is 5.94. The van der Waals surface area contributed by atoms with Crippen LogP contribution >= 0.6 is 30.6 Å². The van der Waals surface area contributed by atoms with Crippen molar-refractivity contribution in [2.24, 2.45) is 4.74 Å². The van der Waals surface area contributed by atoms with E-state index in [1.165, 1.54) is 32.6 Å². The fourth-order valence-corrected chi connectivity index (χ4v) is 12.0. The Balaban J connectivity index is 1.44. The molecular formula is C41H38NPS2. The molecule has 0 N–H and O–H groups in total. The normalized spacial score (nSPS) is 11.4. The minimum atomic E-state index is -2.38. The van der Waals surface area contributed by atoms with Crippen LogP contribution in [0.5, 0.6) is 0 Å². The Kier molecular flexibility index (Phi) is 11.1. The van der Waals surface area contributed by atoms with Gasteiger partial charge < -0.3 is 0 Å². The van der Waals surface area contributed by atoms with Crippen molar-refractivity contribution in [1.29, 1.82) is 0 Å². The first-order valence-electron chi connectivity index (χ1n) is 15.5. The van der Waals surface area contributed by atoms with Crippen LogP contribution in [0.1, 0.15) is 21.3 Å². The lowest BCUT2D eigenvalue weighted by Gasteiger charge is -2.28. The summed E-state index contributed by atoms with van der Waals surface area (Å²) in [5.41, 5.74) is 5.17. The zero-order chi connectivity index (χ0) is 30.6. The molecule has 0 spiro atoms. The summed E-state index contributed by atoms with van der Waals surface area (Å²) in [5, 5.41) is 3.80. The average molecular weight is 640 g/mol. The molecule has 0 aromatic heterocycles. The monoisotopic (exact) mass is 639 g/mol. The Morgan fingerprint density at radius 1 is 0.422 bits per heavy atom. The molecule has 6 rings (SSSR count). The minimum absolute atomic E-state index is 0.265. The summed E-state index contributed by atoms with van der Waals surface area (Å²) >= 11 is 4.10. The molecule has 0 saturated heterocycles. The molecular weight excluding hydrogens is 602 g/mol. The van der Waals surface area contributed by atoms with Crippen LogP contribution < -0.4 is 15.9 Å². The van der Waals surface area contributed by atoms with Crippen molar-refractivity contribution in [1.82, 2.24) is 0 Å². The summed E-state index contributed by atoms with van der Waals surface area (Å²) in [6, 6.07) is 63.4. The van der Waals surface area contributed by atoms with Gasteiger partial charge in [0.1, 0.15) is 0 Å². The molecule has 0 amide bonds. The van der Waals surface area contributed by atoms with Crippen LogP contribution in [-0.4, -0.2) is 11.5 Å². The Hall–Kier alpha value is -3.75. The molecule has 0 radical (unpaired) electrons. The molecule has 0 bridgehead atoms. The molecule has 0 aliphatic rings. The summed E-state index contributed by atoms with van der Waals surface area (Å²) in [6.07, 6.45) is 2.10. The van der Waals surface area contributed by atoms with Gasteiger partial charge in [0.15, 0.2) is 0 Å². The highest BCUT2D eigenvalue weighted by atomic mass is 32.2. The second kappa shape index (κ2) is 16.0. The summed E-state index contributed by atoms with van der Waals surface area (Å²) in [4.78, 5) is 0. The van der Waals surface area contributed by atoms with E-state index in [4.69, 9.17) is 4.74 Å². The predicted octanol–water partition coefficient (Wildman–Crippen LogP) is 10.4. The molecule has 0 atom stereocenters. The molecule has 4 heteroatoms. The number of rotatable bonds is 13. The molecule has 1 nitrogen and oxygen atoms in total. The number of thioether (sulfide) groups is 2. The summed E-state index contributed by atoms with van der Waals surface area (Å²) in [6.45, 7) is 0. The first kappa shape index (κ1) is 31.2. The smallest absolute Gasteiger partial charge is 0.0772 e. The van der Waals surface area contributed by atoms with Crippen LogP contribution in [0, 0.1) is 0 Å². The average Bonchev–Trinajstić information content (AvgIpc) is 3.12. The quantitative estimate of drug-likeness (QED) is 0.0921. The van der Waals surface area contributed by atoms with Gasteiger partial charge in [0.2, 0.25) is 0 Å². The molecule has 0 unspecified atom stereocenters. The zero-order valence-corrected chi connectivity index (χ0v) is 27.9. The van der Waals surface area contributed by atoms with Crippen molar-refractivity contribution in [3.8, 4) is 0 Å². The van der Waals surface area contributed by atoms with Crippen LogP contribution in [0.3, 0.4) is 0 Å². The second-order valence-electron chi connectivity index (χ2n) is 10.8. The summed E-state index contributed by atoms with van der Waals surface area (Å²) in [7, 11) is -2.38. The van der Waals surface area contributed by atoms with E-state index in [0.29, 0.717) is 0 Å². The Morgan fingerprint density at radius 3 is 1.20 bits per heavy atom. The lowest BCUT2D eigenvalue weighted by atomic mass is 10.2. The van der Waals surface area contributed by atoms with Crippen molar-refractivity contribution in [3.05, 3.63) is 193 Å². The standard InChI is InChI=1S/C41H38NPS2/c1-6-18-34(19-7-1)30-32-44-41(45-33-31-35-20-8-2-9-21-35)39-28-16-17-29-40(39)42-43(36-22-10-3-11-23-36,37-24-12-4-13-25-37)38-26-14-5-15-27-38/h1-29,41H,30-33H2. The minimum Gasteiger partial charge on any atom is -0.254 e. The molecule has 0 fully saturated rings. The van der Waals surface area contributed by atoms with Gasteiger partial charge in [-0.3, -0.25) is 4.74 Å².